The minimum atomic E-state index is -0.789. The molecule has 1 heterocycles. The summed E-state index contributed by atoms with van der Waals surface area (Å²) in [4.78, 5) is 24.5. The van der Waals surface area contributed by atoms with Crippen molar-refractivity contribution < 1.29 is 14.3 Å². The Morgan fingerprint density at radius 3 is 2.83 bits per heavy atom. The number of aryl methyl sites for hydroxylation is 2. The molecule has 1 aliphatic rings. The molecule has 0 saturated heterocycles. The van der Waals surface area contributed by atoms with E-state index < -0.39 is 12.1 Å². The van der Waals surface area contributed by atoms with Crippen LogP contribution in [0, 0.1) is 6.92 Å². The summed E-state index contributed by atoms with van der Waals surface area (Å²) in [5.74, 6) is -0.727. The second kappa shape index (κ2) is 6.24. The Hall–Kier alpha value is -2.62. The Morgan fingerprint density at radius 1 is 1.26 bits per heavy atom. The molecule has 2 aromatic rings. The van der Waals surface area contributed by atoms with Gasteiger partial charge >= 0.3 is 5.97 Å². The van der Waals surface area contributed by atoms with Gasteiger partial charge in [-0.05, 0) is 48.2 Å². The maximum atomic E-state index is 12.4. The van der Waals surface area contributed by atoms with Crippen molar-refractivity contribution in [2.45, 2.75) is 32.8 Å². The second-order valence-corrected chi connectivity index (χ2v) is 5.80. The zero-order valence-corrected chi connectivity index (χ0v) is 13.3. The van der Waals surface area contributed by atoms with Gasteiger partial charge in [0.25, 0.3) is 5.91 Å². The minimum absolute atomic E-state index is 0.295. The summed E-state index contributed by atoms with van der Waals surface area (Å²) in [5, 5.41) is 2.82. The third kappa shape index (κ3) is 3.26. The number of rotatable bonds is 3. The first kappa shape index (κ1) is 15.3. The van der Waals surface area contributed by atoms with E-state index in [4.69, 9.17) is 4.74 Å². The smallest absolute Gasteiger partial charge is 0.339 e. The summed E-state index contributed by atoms with van der Waals surface area (Å²) in [5.41, 5.74) is 4.35. The lowest BCUT2D eigenvalue weighted by atomic mass is 9.95. The SMILES string of the molecule is CCc1ccc2c(c1)CC(C(=O)Nc1cccc(C)c1)OC2=O. The molecular weight excluding hydrogens is 290 g/mol. The third-order valence-corrected chi connectivity index (χ3v) is 4.03. The predicted octanol–water partition coefficient (Wildman–Crippen LogP) is 3.28. The van der Waals surface area contributed by atoms with Gasteiger partial charge in [0.1, 0.15) is 0 Å². The first-order valence-corrected chi connectivity index (χ1v) is 7.77. The van der Waals surface area contributed by atoms with Gasteiger partial charge in [-0.25, -0.2) is 4.79 Å². The van der Waals surface area contributed by atoms with E-state index in [9.17, 15) is 9.59 Å². The van der Waals surface area contributed by atoms with Crippen LogP contribution in [0.2, 0.25) is 0 Å². The lowest BCUT2D eigenvalue weighted by Gasteiger charge is -2.24. The highest BCUT2D eigenvalue weighted by molar-refractivity contribution is 6.00. The number of esters is 1. The maximum Gasteiger partial charge on any atom is 0.339 e. The number of hydrogen-bond donors (Lipinski definition) is 1. The molecule has 1 aliphatic heterocycles. The lowest BCUT2D eigenvalue weighted by Crippen LogP contribution is -2.38. The second-order valence-electron chi connectivity index (χ2n) is 5.80. The van der Waals surface area contributed by atoms with Crippen molar-refractivity contribution in [1.29, 1.82) is 0 Å². The van der Waals surface area contributed by atoms with Crippen LogP contribution in [0.5, 0.6) is 0 Å². The van der Waals surface area contributed by atoms with Gasteiger partial charge in [-0.1, -0.05) is 31.2 Å². The number of hydrogen-bond acceptors (Lipinski definition) is 3. The fourth-order valence-electron chi connectivity index (χ4n) is 2.76. The molecule has 0 radical (unpaired) electrons. The molecule has 0 aromatic heterocycles. The van der Waals surface area contributed by atoms with E-state index in [1.165, 1.54) is 0 Å². The van der Waals surface area contributed by atoms with Crippen LogP contribution in [0.3, 0.4) is 0 Å². The zero-order valence-electron chi connectivity index (χ0n) is 13.3. The van der Waals surface area contributed by atoms with Crippen LogP contribution in [-0.2, 0) is 22.4 Å². The van der Waals surface area contributed by atoms with Crippen LogP contribution in [0.1, 0.15) is 34.0 Å². The number of anilines is 1. The quantitative estimate of drug-likeness (QED) is 0.885. The van der Waals surface area contributed by atoms with Gasteiger partial charge in [-0.2, -0.15) is 0 Å². The van der Waals surface area contributed by atoms with E-state index >= 15 is 0 Å². The van der Waals surface area contributed by atoms with Crippen molar-refractivity contribution in [1.82, 2.24) is 0 Å². The Balaban J connectivity index is 1.79. The number of ether oxygens (including phenoxy) is 1. The normalized spacial score (nSPS) is 16.4. The van der Waals surface area contributed by atoms with Crippen molar-refractivity contribution >= 4 is 17.6 Å². The molecule has 0 spiro atoms. The van der Waals surface area contributed by atoms with E-state index in [2.05, 4.69) is 12.2 Å². The summed E-state index contributed by atoms with van der Waals surface area (Å²) >= 11 is 0. The first-order chi connectivity index (χ1) is 11.1. The molecule has 23 heavy (non-hydrogen) atoms. The van der Waals surface area contributed by atoms with Crippen LogP contribution in [0.25, 0.3) is 0 Å². The highest BCUT2D eigenvalue weighted by atomic mass is 16.5. The molecule has 2 aromatic carbocycles. The van der Waals surface area contributed by atoms with Crippen molar-refractivity contribution in [3.05, 3.63) is 64.7 Å². The molecule has 0 saturated carbocycles. The molecule has 1 unspecified atom stereocenters. The third-order valence-electron chi connectivity index (χ3n) is 4.03. The van der Waals surface area contributed by atoms with Crippen molar-refractivity contribution in [2.75, 3.05) is 5.32 Å². The zero-order chi connectivity index (χ0) is 16.4. The highest BCUT2D eigenvalue weighted by Gasteiger charge is 2.31. The van der Waals surface area contributed by atoms with Gasteiger partial charge < -0.3 is 10.1 Å². The van der Waals surface area contributed by atoms with Gasteiger partial charge in [0.05, 0.1) is 5.56 Å². The maximum absolute atomic E-state index is 12.4. The number of carbonyl (C=O) groups is 2. The average Bonchev–Trinajstić information content (AvgIpc) is 2.54. The molecule has 1 amide bonds. The van der Waals surface area contributed by atoms with E-state index in [0.29, 0.717) is 17.7 Å². The predicted molar refractivity (Wildman–Crippen MR) is 88.5 cm³/mol. The van der Waals surface area contributed by atoms with Crippen molar-refractivity contribution in [3.63, 3.8) is 0 Å². The molecule has 4 nitrogen and oxygen atoms in total. The number of nitrogens with one attached hydrogen (secondary N) is 1. The molecule has 3 rings (SSSR count). The monoisotopic (exact) mass is 309 g/mol. The molecule has 1 atom stereocenters. The largest absolute Gasteiger partial charge is 0.448 e. The molecule has 1 N–H and O–H groups in total. The summed E-state index contributed by atoms with van der Waals surface area (Å²) in [6.45, 7) is 4.02. The van der Waals surface area contributed by atoms with Gasteiger partial charge in [-0.3, -0.25) is 4.79 Å². The molecule has 0 aliphatic carbocycles. The number of fused-ring (bicyclic) bond motifs is 1. The average molecular weight is 309 g/mol. The van der Waals surface area contributed by atoms with E-state index in [0.717, 1.165) is 23.1 Å². The number of cyclic esters (lactones) is 1. The Kier molecular flexibility index (Phi) is 4.15. The summed E-state index contributed by atoms with van der Waals surface area (Å²) in [7, 11) is 0. The standard InChI is InChI=1S/C19H19NO3/c1-3-13-7-8-16-14(10-13)11-17(23-19(16)22)18(21)20-15-6-4-5-12(2)9-15/h4-10,17H,3,11H2,1-2H3,(H,20,21). The van der Waals surface area contributed by atoms with Crippen molar-refractivity contribution in [3.8, 4) is 0 Å². The summed E-state index contributed by atoms with van der Waals surface area (Å²) in [6, 6.07) is 13.2. The molecular formula is C19H19NO3. The molecule has 0 fully saturated rings. The molecule has 118 valence electrons. The van der Waals surface area contributed by atoms with Crippen LogP contribution in [-0.4, -0.2) is 18.0 Å². The fourth-order valence-corrected chi connectivity index (χ4v) is 2.76. The number of benzene rings is 2. The summed E-state index contributed by atoms with van der Waals surface area (Å²) in [6.07, 6.45) is 0.511. The van der Waals surface area contributed by atoms with E-state index in [-0.39, 0.29) is 5.91 Å². The number of carbonyl (C=O) groups excluding carboxylic acids is 2. The fraction of sp³-hybridized carbons (Fsp3) is 0.263. The molecule has 0 bridgehead atoms. The number of amides is 1. The van der Waals surface area contributed by atoms with E-state index in [1.807, 2.05) is 43.3 Å². The highest BCUT2D eigenvalue weighted by Crippen LogP contribution is 2.23. The van der Waals surface area contributed by atoms with Crippen LogP contribution in [0.4, 0.5) is 5.69 Å². The van der Waals surface area contributed by atoms with Crippen LogP contribution >= 0.6 is 0 Å². The van der Waals surface area contributed by atoms with Gasteiger partial charge in [0, 0.05) is 12.1 Å². The van der Waals surface area contributed by atoms with Crippen LogP contribution < -0.4 is 5.32 Å². The lowest BCUT2D eigenvalue weighted by molar-refractivity contribution is -0.125. The first-order valence-electron chi connectivity index (χ1n) is 7.77. The Labute approximate surface area is 135 Å². The van der Waals surface area contributed by atoms with Crippen LogP contribution in [0.15, 0.2) is 42.5 Å². The topological polar surface area (TPSA) is 55.4 Å². The van der Waals surface area contributed by atoms with Gasteiger partial charge in [-0.15, -0.1) is 0 Å². The minimum Gasteiger partial charge on any atom is -0.448 e. The molecule has 4 heteroatoms. The van der Waals surface area contributed by atoms with Gasteiger partial charge in [0.2, 0.25) is 0 Å². The van der Waals surface area contributed by atoms with E-state index in [1.54, 1.807) is 6.07 Å². The summed E-state index contributed by atoms with van der Waals surface area (Å²) < 4.78 is 5.30. The van der Waals surface area contributed by atoms with Crippen molar-refractivity contribution in [2.24, 2.45) is 0 Å². The Bertz CT molecular complexity index is 767. The van der Waals surface area contributed by atoms with Gasteiger partial charge in [0.15, 0.2) is 6.10 Å². The Morgan fingerprint density at radius 2 is 2.09 bits per heavy atom.